The molecule has 2 atom stereocenters. The van der Waals surface area contributed by atoms with E-state index >= 15 is 0 Å². The van der Waals surface area contributed by atoms with Gasteiger partial charge in [0.25, 0.3) is 5.56 Å². The van der Waals surface area contributed by atoms with Crippen LogP contribution in [0.2, 0.25) is 0 Å². The third kappa shape index (κ3) is 9.02. The van der Waals surface area contributed by atoms with E-state index in [1.807, 2.05) is 0 Å². The van der Waals surface area contributed by atoms with Crippen LogP contribution in [0.15, 0.2) is 17.1 Å². The summed E-state index contributed by atoms with van der Waals surface area (Å²) in [5.74, 6) is -2.66. The summed E-state index contributed by atoms with van der Waals surface area (Å²) in [4.78, 5) is 51.0. The summed E-state index contributed by atoms with van der Waals surface area (Å²) in [7, 11) is 0.923. The maximum Gasteiger partial charge on any atom is 0.408 e. The van der Waals surface area contributed by atoms with Gasteiger partial charge < -0.3 is 24.8 Å². The summed E-state index contributed by atoms with van der Waals surface area (Å²) in [6.45, 7) is 6.72. The zero-order valence-electron chi connectivity index (χ0n) is 22.4. The van der Waals surface area contributed by atoms with Crippen LogP contribution in [0.1, 0.15) is 66.3 Å². The van der Waals surface area contributed by atoms with Crippen molar-refractivity contribution in [1.82, 2.24) is 14.8 Å². The second kappa shape index (κ2) is 12.2. The van der Waals surface area contributed by atoms with Gasteiger partial charge in [-0.15, -0.1) is 0 Å². The fourth-order valence-electron chi connectivity index (χ4n) is 4.37. The van der Waals surface area contributed by atoms with Gasteiger partial charge in [0.05, 0.1) is 5.69 Å². The van der Waals surface area contributed by atoms with Gasteiger partial charge >= 0.3 is 12.3 Å². The minimum Gasteiger partial charge on any atom is -0.444 e. The zero-order chi connectivity index (χ0) is 29.0. The van der Waals surface area contributed by atoms with Gasteiger partial charge in [0.15, 0.2) is 5.82 Å². The van der Waals surface area contributed by atoms with Crippen LogP contribution in [0.3, 0.4) is 0 Å². The molecule has 0 aromatic carbocycles. The predicted molar refractivity (Wildman–Crippen MR) is 132 cm³/mol. The lowest BCUT2D eigenvalue weighted by atomic mass is 9.79. The number of ether oxygens (including phenoxy) is 1. The average molecular weight is 549 g/mol. The molecule has 1 aromatic rings. The molecule has 0 aliphatic heterocycles. The van der Waals surface area contributed by atoms with Crippen molar-refractivity contribution in [2.75, 3.05) is 18.9 Å². The van der Waals surface area contributed by atoms with Crippen molar-refractivity contribution in [3.05, 3.63) is 28.4 Å². The summed E-state index contributed by atoms with van der Waals surface area (Å²) in [6.07, 6.45) is -1.85. The molecule has 0 radical (unpaired) electrons. The van der Waals surface area contributed by atoms with Crippen LogP contribution in [0.25, 0.3) is 0 Å². The first-order chi connectivity index (χ1) is 17.4. The summed E-state index contributed by atoms with van der Waals surface area (Å²) < 4.78 is 58.8. The van der Waals surface area contributed by atoms with Gasteiger partial charge in [0, 0.05) is 19.3 Å². The molecule has 1 fully saturated rings. The van der Waals surface area contributed by atoms with Crippen molar-refractivity contribution in [2.24, 2.45) is 11.8 Å². The Balaban J connectivity index is 2.25. The fourth-order valence-corrected chi connectivity index (χ4v) is 4.37. The minimum absolute atomic E-state index is 0.246. The number of amides is 3. The van der Waals surface area contributed by atoms with E-state index in [2.05, 4.69) is 17.6 Å². The van der Waals surface area contributed by atoms with Crippen LogP contribution in [-0.2, 0) is 14.3 Å². The summed E-state index contributed by atoms with van der Waals surface area (Å²) in [5.41, 5.74) is -2.21. The van der Waals surface area contributed by atoms with Crippen molar-refractivity contribution >= 4 is 23.6 Å². The Hall–Kier alpha value is -3.12. The molecule has 1 aromatic heterocycles. The van der Waals surface area contributed by atoms with Gasteiger partial charge in [0.2, 0.25) is 11.8 Å². The van der Waals surface area contributed by atoms with Crippen LogP contribution in [-0.4, -0.2) is 58.8 Å². The Morgan fingerprint density at radius 3 is 2.26 bits per heavy atom. The second-order valence-electron chi connectivity index (χ2n) is 10.9. The first-order valence-electron chi connectivity index (χ1n) is 12.4. The number of pyridine rings is 1. The lowest BCUT2D eigenvalue weighted by Crippen LogP contribution is -2.50. The SMILES string of the molecule is CC1CCC([C@H](NC(=O)OC(C)(C)C)C(=O)Nc2cc(=O)n([C@H](C)C(=O)N(C)CC(F)(F)F)cc2F)CC1. The number of nitrogens with zero attached hydrogens (tertiary/aromatic N) is 2. The number of aromatic nitrogens is 1. The quantitative estimate of drug-likeness (QED) is 0.496. The van der Waals surface area contributed by atoms with Crippen LogP contribution in [0, 0.1) is 17.7 Å². The molecule has 0 spiro atoms. The van der Waals surface area contributed by atoms with Gasteiger partial charge in [-0.3, -0.25) is 14.4 Å². The van der Waals surface area contributed by atoms with E-state index in [-0.39, 0.29) is 5.92 Å². The van der Waals surface area contributed by atoms with Crippen molar-refractivity contribution in [3.8, 4) is 0 Å². The lowest BCUT2D eigenvalue weighted by Gasteiger charge is -2.33. The predicted octanol–water partition coefficient (Wildman–Crippen LogP) is 4.23. The summed E-state index contributed by atoms with van der Waals surface area (Å²) in [6, 6.07) is -1.75. The molecule has 38 heavy (non-hydrogen) atoms. The second-order valence-corrected chi connectivity index (χ2v) is 10.9. The van der Waals surface area contributed by atoms with E-state index in [0.29, 0.717) is 34.4 Å². The number of carbonyl (C=O) groups excluding carboxylic acids is 3. The van der Waals surface area contributed by atoms with E-state index in [4.69, 9.17) is 4.74 Å². The molecule has 2 rings (SSSR count). The summed E-state index contributed by atoms with van der Waals surface area (Å²) >= 11 is 0. The Bertz CT molecular complexity index is 1070. The van der Waals surface area contributed by atoms with Crippen LogP contribution < -0.4 is 16.2 Å². The first kappa shape index (κ1) is 31.1. The average Bonchev–Trinajstić information content (AvgIpc) is 2.77. The lowest BCUT2D eigenvalue weighted by molar-refractivity contribution is -0.160. The van der Waals surface area contributed by atoms with Gasteiger partial charge in [-0.1, -0.05) is 19.8 Å². The molecule has 3 amide bonds. The molecule has 1 heterocycles. The molecular weight excluding hydrogens is 512 g/mol. The number of hydrogen-bond donors (Lipinski definition) is 2. The number of hydrogen-bond acceptors (Lipinski definition) is 5. The Morgan fingerprint density at radius 1 is 1.16 bits per heavy atom. The molecule has 9 nitrogen and oxygen atoms in total. The number of likely N-dealkylation sites (N-methyl/N-ethyl adjacent to an activating group) is 1. The fraction of sp³-hybridized carbons (Fsp3) is 0.680. The first-order valence-corrected chi connectivity index (χ1v) is 12.4. The molecule has 13 heteroatoms. The van der Waals surface area contributed by atoms with E-state index in [1.165, 1.54) is 6.92 Å². The highest BCUT2D eigenvalue weighted by molar-refractivity contribution is 5.96. The van der Waals surface area contributed by atoms with Gasteiger partial charge in [-0.25, -0.2) is 9.18 Å². The highest BCUT2D eigenvalue weighted by Gasteiger charge is 2.35. The third-order valence-corrected chi connectivity index (χ3v) is 6.34. The third-order valence-electron chi connectivity index (χ3n) is 6.34. The Kier molecular flexibility index (Phi) is 9.95. The zero-order valence-corrected chi connectivity index (χ0v) is 22.4. The number of alkyl carbamates (subject to hydrolysis) is 1. The number of anilines is 1. The molecule has 0 unspecified atom stereocenters. The van der Waals surface area contributed by atoms with Gasteiger partial charge in [-0.2, -0.15) is 13.2 Å². The largest absolute Gasteiger partial charge is 0.444 e. The molecule has 1 aliphatic rings. The standard InChI is InChI=1S/C25H36F4N4O5/c1-14-7-9-16(10-8-14)20(31-23(37)38-24(3,4)5)21(35)30-18-11-19(34)33(12-17(18)26)15(2)22(36)32(6)13-25(27,28)29/h11-12,14-16,20H,7-10,13H2,1-6H3,(H,30,35)(H,31,37)/t14?,15-,16?,20+/m1/s1. The molecule has 0 saturated heterocycles. The molecule has 214 valence electrons. The Labute approximate surface area is 218 Å². The maximum absolute atomic E-state index is 14.9. The molecule has 0 bridgehead atoms. The van der Waals surface area contributed by atoms with E-state index in [0.717, 1.165) is 26.0 Å². The number of halogens is 4. The highest BCUT2D eigenvalue weighted by atomic mass is 19.4. The topological polar surface area (TPSA) is 110 Å². The monoisotopic (exact) mass is 548 g/mol. The number of rotatable bonds is 7. The smallest absolute Gasteiger partial charge is 0.408 e. The molecule has 2 N–H and O–H groups in total. The van der Waals surface area contributed by atoms with Crippen molar-refractivity contribution in [2.45, 2.75) is 84.2 Å². The van der Waals surface area contributed by atoms with E-state index < -0.39 is 65.4 Å². The molecule has 1 aliphatic carbocycles. The van der Waals surface area contributed by atoms with Crippen LogP contribution >= 0.6 is 0 Å². The van der Waals surface area contributed by atoms with Gasteiger partial charge in [-0.05, 0) is 52.4 Å². The number of carbonyl (C=O) groups is 3. The normalized spacial score (nSPS) is 19.7. The molecular formula is C25H36F4N4O5. The Morgan fingerprint density at radius 2 is 1.74 bits per heavy atom. The van der Waals surface area contributed by atoms with Crippen LogP contribution in [0.5, 0.6) is 0 Å². The summed E-state index contributed by atoms with van der Waals surface area (Å²) in [5, 5.41) is 4.90. The maximum atomic E-state index is 14.9. The van der Waals surface area contributed by atoms with Crippen molar-refractivity contribution < 1.29 is 36.7 Å². The van der Waals surface area contributed by atoms with Crippen LogP contribution in [0.4, 0.5) is 28.0 Å². The van der Waals surface area contributed by atoms with Crippen molar-refractivity contribution in [1.29, 1.82) is 0 Å². The minimum atomic E-state index is -4.64. The van der Waals surface area contributed by atoms with E-state index in [9.17, 15) is 36.7 Å². The number of alkyl halides is 3. The van der Waals surface area contributed by atoms with Crippen molar-refractivity contribution in [3.63, 3.8) is 0 Å². The highest BCUT2D eigenvalue weighted by Crippen LogP contribution is 2.31. The van der Waals surface area contributed by atoms with Gasteiger partial charge in [0.1, 0.15) is 24.2 Å². The van der Waals surface area contributed by atoms with E-state index in [1.54, 1.807) is 20.8 Å². The molecule has 1 saturated carbocycles. The number of nitrogens with one attached hydrogen (secondary N) is 2.